The summed E-state index contributed by atoms with van der Waals surface area (Å²) in [6.45, 7) is 3.63. The molecule has 0 saturated carbocycles. The number of aliphatic hydroxyl groups is 2. The van der Waals surface area contributed by atoms with Crippen molar-refractivity contribution in [1.82, 2.24) is 15.5 Å². The van der Waals surface area contributed by atoms with Gasteiger partial charge in [0, 0.05) is 12.6 Å². The summed E-state index contributed by atoms with van der Waals surface area (Å²) in [6, 6.07) is 6.94. The number of ether oxygens (including phenoxy) is 3. The summed E-state index contributed by atoms with van der Waals surface area (Å²) in [5, 5.41) is 25.5. The van der Waals surface area contributed by atoms with Crippen molar-refractivity contribution in [3.8, 4) is 11.8 Å². The zero-order valence-corrected chi connectivity index (χ0v) is 29.2. The summed E-state index contributed by atoms with van der Waals surface area (Å²) < 4.78 is 61.9. The maximum Gasteiger partial charge on any atom is 0.490 e. The van der Waals surface area contributed by atoms with Crippen molar-refractivity contribution in [2.45, 2.75) is 69.9 Å². The zero-order valence-electron chi connectivity index (χ0n) is 26.6. The Morgan fingerprint density at radius 1 is 1.08 bits per heavy atom. The van der Waals surface area contributed by atoms with E-state index in [-0.39, 0.29) is 18.4 Å². The number of nitrogens with one attached hydrogen (secondary N) is 2. The average molecular weight is 771 g/mol. The number of hydrogen-bond donors (Lipinski definition) is 8. The van der Waals surface area contributed by atoms with Crippen LogP contribution in [0.15, 0.2) is 42.1 Å². The van der Waals surface area contributed by atoms with Crippen LogP contribution in [-0.2, 0) is 45.8 Å². The highest BCUT2D eigenvalue weighted by Gasteiger charge is 2.44. The molecule has 0 aromatic heterocycles. The summed E-state index contributed by atoms with van der Waals surface area (Å²) in [4.78, 5) is 74.5. The highest BCUT2D eigenvalue weighted by atomic mass is 31.3. The molecular formula is C26H36N3O18P3. The van der Waals surface area contributed by atoms with E-state index in [2.05, 4.69) is 35.6 Å². The number of benzene rings is 1. The van der Waals surface area contributed by atoms with Gasteiger partial charge < -0.3 is 54.6 Å². The molecule has 7 atom stereocenters. The molecule has 0 radical (unpaired) electrons. The van der Waals surface area contributed by atoms with E-state index in [1.165, 1.54) is 0 Å². The van der Waals surface area contributed by atoms with Gasteiger partial charge in [0.2, 0.25) is 0 Å². The second kappa shape index (κ2) is 16.9. The predicted octanol–water partition coefficient (Wildman–Crippen LogP) is 1.24. The number of phosphoric ester groups is 1. The van der Waals surface area contributed by atoms with Crippen molar-refractivity contribution < 1.29 is 85.2 Å². The predicted molar refractivity (Wildman–Crippen MR) is 165 cm³/mol. The van der Waals surface area contributed by atoms with E-state index in [1.807, 2.05) is 0 Å². The molecule has 50 heavy (non-hydrogen) atoms. The topological polar surface area (TPSA) is 306 Å². The van der Waals surface area contributed by atoms with Crippen molar-refractivity contribution >= 4 is 41.6 Å². The Hall–Kier alpha value is -3.18. The van der Waals surface area contributed by atoms with E-state index in [0.29, 0.717) is 5.56 Å². The van der Waals surface area contributed by atoms with E-state index < -0.39 is 91.1 Å². The third-order valence-electron chi connectivity index (χ3n) is 6.20. The number of esters is 1. The molecule has 278 valence electrons. The first-order valence-electron chi connectivity index (χ1n) is 14.3. The minimum Gasteiger partial charge on any atom is -0.452 e. The van der Waals surface area contributed by atoms with Gasteiger partial charge in [0.1, 0.15) is 17.9 Å². The zero-order chi connectivity index (χ0) is 37.5. The van der Waals surface area contributed by atoms with Crippen LogP contribution in [0.2, 0.25) is 0 Å². The van der Waals surface area contributed by atoms with Crippen molar-refractivity contribution in [2.24, 2.45) is 0 Å². The van der Waals surface area contributed by atoms with Crippen molar-refractivity contribution in [3.05, 3.63) is 47.7 Å². The van der Waals surface area contributed by atoms with E-state index in [9.17, 15) is 48.1 Å². The Kier molecular flexibility index (Phi) is 13.9. The van der Waals surface area contributed by atoms with Crippen LogP contribution in [0.4, 0.5) is 9.59 Å². The van der Waals surface area contributed by atoms with Crippen LogP contribution in [-0.4, -0.2) is 96.3 Å². The van der Waals surface area contributed by atoms with E-state index >= 15 is 0 Å². The molecule has 21 nitrogen and oxygen atoms in total. The number of phosphoric acid groups is 3. The summed E-state index contributed by atoms with van der Waals surface area (Å²) >= 11 is 0. The molecule has 1 aromatic carbocycles. The maximum absolute atomic E-state index is 12.6. The molecule has 24 heteroatoms. The van der Waals surface area contributed by atoms with Crippen LogP contribution in [0.3, 0.4) is 0 Å². The SMILES string of the molecule is CC(C)(C)OC(=O)NC(CC(=O)OCC#CC1=CN(C2CC(O)C(COP(=O)(O)OP(=O)(O)OP(=O)(O)O)O2)C(=O)NC1O)c1ccccc1. The van der Waals surface area contributed by atoms with Gasteiger partial charge in [0.05, 0.1) is 30.7 Å². The number of hydrogen-bond acceptors (Lipinski definition) is 14. The van der Waals surface area contributed by atoms with Gasteiger partial charge in [-0.15, -0.1) is 0 Å². The quantitative estimate of drug-likeness (QED) is 0.0794. The molecule has 3 amide bonds. The van der Waals surface area contributed by atoms with Crippen LogP contribution >= 0.6 is 23.5 Å². The number of carbonyl (C=O) groups is 3. The van der Waals surface area contributed by atoms with Crippen LogP contribution in [0, 0.1) is 11.8 Å². The molecule has 2 aliphatic rings. The monoisotopic (exact) mass is 771 g/mol. The minimum absolute atomic E-state index is 0.0933. The van der Waals surface area contributed by atoms with Crippen molar-refractivity contribution in [1.29, 1.82) is 0 Å². The summed E-state index contributed by atoms with van der Waals surface area (Å²) in [6.07, 6.45) is -5.96. The fourth-order valence-corrected chi connectivity index (χ4v) is 7.27. The lowest BCUT2D eigenvalue weighted by Gasteiger charge is -2.31. The Balaban J connectivity index is 1.59. The first-order chi connectivity index (χ1) is 23.0. The lowest BCUT2D eigenvalue weighted by Crippen LogP contribution is -2.51. The van der Waals surface area contributed by atoms with Crippen LogP contribution < -0.4 is 10.6 Å². The molecule has 8 N–H and O–H groups in total. The molecule has 0 aliphatic carbocycles. The Labute approximate surface area is 284 Å². The van der Waals surface area contributed by atoms with Gasteiger partial charge in [-0.3, -0.25) is 14.2 Å². The number of urea groups is 1. The third-order valence-corrected chi connectivity index (χ3v) is 10.0. The van der Waals surface area contributed by atoms with Gasteiger partial charge in [-0.1, -0.05) is 42.2 Å². The molecule has 3 rings (SSSR count). The van der Waals surface area contributed by atoms with Crippen molar-refractivity contribution in [2.75, 3.05) is 13.2 Å². The number of aliphatic hydroxyl groups excluding tert-OH is 2. The molecule has 2 aliphatic heterocycles. The van der Waals surface area contributed by atoms with Crippen LogP contribution in [0.5, 0.6) is 0 Å². The second-order valence-corrected chi connectivity index (χ2v) is 15.9. The number of amides is 3. The van der Waals surface area contributed by atoms with Crippen LogP contribution in [0.25, 0.3) is 0 Å². The van der Waals surface area contributed by atoms with Gasteiger partial charge >= 0.3 is 41.6 Å². The summed E-state index contributed by atoms with van der Waals surface area (Å²) in [7, 11) is -16.9. The fraction of sp³-hybridized carbons (Fsp3) is 0.500. The molecule has 0 bridgehead atoms. The summed E-state index contributed by atoms with van der Waals surface area (Å²) in [5.41, 5.74) is -0.256. The van der Waals surface area contributed by atoms with Crippen LogP contribution in [0.1, 0.15) is 45.2 Å². The largest absolute Gasteiger partial charge is 0.490 e. The number of nitrogens with zero attached hydrogens (tertiary/aromatic N) is 1. The van der Waals surface area contributed by atoms with E-state index in [0.717, 1.165) is 11.1 Å². The average Bonchev–Trinajstić information content (AvgIpc) is 3.32. The van der Waals surface area contributed by atoms with E-state index in [4.69, 9.17) is 24.0 Å². The molecule has 0 spiro atoms. The Morgan fingerprint density at radius 3 is 2.36 bits per heavy atom. The van der Waals surface area contributed by atoms with Gasteiger partial charge in [0.15, 0.2) is 12.8 Å². The van der Waals surface area contributed by atoms with Gasteiger partial charge in [-0.2, -0.15) is 8.62 Å². The smallest absolute Gasteiger partial charge is 0.452 e. The molecule has 7 unspecified atom stereocenters. The first kappa shape index (κ1) is 41.2. The molecule has 2 heterocycles. The number of carbonyl (C=O) groups excluding carboxylic acids is 3. The van der Waals surface area contributed by atoms with E-state index in [1.54, 1.807) is 51.1 Å². The second-order valence-electron chi connectivity index (χ2n) is 11.4. The van der Waals surface area contributed by atoms with Crippen molar-refractivity contribution in [3.63, 3.8) is 0 Å². The van der Waals surface area contributed by atoms with Gasteiger partial charge in [0.25, 0.3) is 0 Å². The van der Waals surface area contributed by atoms with Gasteiger partial charge in [-0.05, 0) is 26.3 Å². The molecule has 1 aromatic rings. The van der Waals surface area contributed by atoms with Gasteiger partial charge in [-0.25, -0.2) is 23.3 Å². The number of alkyl carbamates (subject to hydrolysis) is 1. The lowest BCUT2D eigenvalue weighted by atomic mass is 10.0. The maximum atomic E-state index is 12.6. The molecule has 1 saturated heterocycles. The molecule has 1 fully saturated rings. The normalized spacial score (nSPS) is 24.0. The highest BCUT2D eigenvalue weighted by molar-refractivity contribution is 7.66. The standard InChI is InChI=1S/C26H36N3O18P3/c1-26(2,3)45-25(34)27-18(16-8-5-4-6-9-16)12-22(31)42-11-7-10-17-14-29(24(33)28-23(17)32)21-13-19(30)20(44-21)15-43-49(38,39)47-50(40,41)46-48(35,36)37/h4-6,8-9,14,18-21,23,30,32H,11-13,15H2,1-3H3,(H,27,34)(H,28,33)(H,38,39)(H,40,41)(H2,35,36,37). The lowest BCUT2D eigenvalue weighted by molar-refractivity contribution is -0.142. The summed E-state index contributed by atoms with van der Waals surface area (Å²) in [5.74, 6) is 4.33. The minimum atomic E-state index is -5.77. The highest BCUT2D eigenvalue weighted by Crippen LogP contribution is 2.66. The molecular weight excluding hydrogens is 735 g/mol. The first-order valence-corrected chi connectivity index (χ1v) is 18.8. The Bertz CT molecular complexity index is 1630. The third kappa shape index (κ3) is 13.9. The Morgan fingerprint density at radius 2 is 1.74 bits per heavy atom. The number of rotatable bonds is 13. The fourth-order valence-electron chi connectivity index (χ4n) is 4.24.